The Morgan fingerprint density at radius 1 is 0.765 bits per heavy atom. The van der Waals surface area contributed by atoms with Crippen molar-refractivity contribution in [3.8, 4) is 0 Å². The Morgan fingerprint density at radius 3 is 2.13 bits per heavy atom. The summed E-state index contributed by atoms with van der Waals surface area (Å²) in [5.74, 6) is -3.13. The van der Waals surface area contributed by atoms with Crippen LogP contribution in [0.1, 0.15) is 136 Å². The van der Waals surface area contributed by atoms with Crippen LogP contribution >= 0.6 is 0 Å². The van der Waals surface area contributed by atoms with Gasteiger partial charge < -0.3 is 49.6 Å². The van der Waals surface area contributed by atoms with E-state index in [1.54, 1.807) is 6.92 Å². The van der Waals surface area contributed by atoms with Crippen LogP contribution in [0.15, 0.2) is 23.3 Å². The van der Waals surface area contributed by atoms with E-state index in [4.69, 9.17) is 28.9 Å². The van der Waals surface area contributed by atoms with E-state index in [0.717, 1.165) is 72.4 Å². The average molecular weight is 941 g/mol. The highest BCUT2D eigenvalue weighted by atomic mass is 16.7. The van der Waals surface area contributed by atoms with Gasteiger partial charge >= 0.3 is 0 Å². The molecular weight excluding hydrogens is 865 g/mol. The molecule has 1 aromatic rings. The Bertz CT molecular complexity index is 2480. The monoisotopic (exact) mass is 941 g/mol. The third-order valence-electron chi connectivity index (χ3n) is 23.9. The van der Waals surface area contributed by atoms with Crippen LogP contribution < -0.4 is 0 Å². The SMILES string of the molecule is C[C@@H]1[C@]2(O[C@H]3C=C4[C@@H]5CC[C@H]6Cc7nc8c(nc7C[C@]6(C)[C@H]5C[C@@H](O)[C@]4(C)[C@]31O)C[C@@H]1CC[C@H]3C4=CC[C@@H]5[C@H](C)[C@@]6(OC[C@]45C(=O)C[C@]3(O)[C@@]1(C)C8)OC(C)(C)[C@@H](C)[C@H]6O)O[C@](C)(CO)C[C@H]2O. The van der Waals surface area contributed by atoms with Gasteiger partial charge in [-0.1, -0.05) is 64.8 Å². The smallest absolute Gasteiger partial charge is 0.201 e. The molecule has 0 aromatic carbocycles. The maximum absolute atomic E-state index is 15.0. The van der Waals surface area contributed by atoms with E-state index in [1.165, 1.54) is 0 Å². The number of carbonyl (C=O) groups excluding carboxylic acids is 1. The number of hydrogen-bond acceptors (Lipinski definition) is 13. The first-order chi connectivity index (χ1) is 31.8. The van der Waals surface area contributed by atoms with Crippen molar-refractivity contribution in [2.75, 3.05) is 13.2 Å². The molecule has 13 nitrogen and oxygen atoms in total. The first-order valence-electron chi connectivity index (χ1n) is 26.5. The van der Waals surface area contributed by atoms with E-state index in [2.05, 4.69) is 32.9 Å². The van der Waals surface area contributed by atoms with Gasteiger partial charge in [-0.3, -0.25) is 14.8 Å². The van der Waals surface area contributed by atoms with Gasteiger partial charge in [-0.25, -0.2) is 0 Å². The predicted octanol–water partition coefficient (Wildman–Crippen LogP) is 4.87. The second-order valence-corrected chi connectivity index (χ2v) is 26.6. The Morgan fingerprint density at radius 2 is 1.46 bits per heavy atom. The van der Waals surface area contributed by atoms with Crippen molar-refractivity contribution in [2.45, 2.75) is 198 Å². The number of hydrogen-bond donors (Lipinski definition) is 6. The van der Waals surface area contributed by atoms with Crippen LogP contribution in [0, 0.1) is 74.9 Å². The minimum atomic E-state index is -1.52. The summed E-state index contributed by atoms with van der Waals surface area (Å²) in [6.45, 7) is 18.2. The number of ketones is 1. The van der Waals surface area contributed by atoms with Crippen molar-refractivity contribution < 1.29 is 54.4 Å². The lowest BCUT2D eigenvalue weighted by Crippen LogP contribution is -2.70. The molecule has 0 amide bonds. The fraction of sp³-hybridized carbons (Fsp3) is 0.836. The molecule has 68 heavy (non-hydrogen) atoms. The quantitative estimate of drug-likeness (QED) is 0.209. The second-order valence-electron chi connectivity index (χ2n) is 26.6. The zero-order chi connectivity index (χ0) is 48.1. The third-order valence-corrected chi connectivity index (χ3v) is 23.9. The molecular formula is C55H76N2O11. The van der Waals surface area contributed by atoms with Crippen LogP contribution in [0.2, 0.25) is 0 Å². The molecule has 0 unspecified atom stereocenters. The van der Waals surface area contributed by atoms with E-state index in [-0.39, 0.29) is 78.7 Å². The molecule has 4 saturated carbocycles. The van der Waals surface area contributed by atoms with Crippen LogP contribution in [-0.4, -0.2) is 118 Å². The van der Waals surface area contributed by atoms with Crippen molar-refractivity contribution >= 4 is 5.78 Å². The highest BCUT2D eigenvalue weighted by Crippen LogP contribution is 2.73. The molecule has 3 spiro atoms. The maximum atomic E-state index is 15.0. The third kappa shape index (κ3) is 4.94. The predicted molar refractivity (Wildman–Crippen MR) is 246 cm³/mol. The van der Waals surface area contributed by atoms with Crippen LogP contribution in [-0.2, 0) is 49.4 Å². The Hall–Kier alpha value is -2.17. The second kappa shape index (κ2) is 13.5. The van der Waals surface area contributed by atoms with Gasteiger partial charge in [0.25, 0.3) is 0 Å². The number of aliphatic hydroxyl groups is 6. The number of allylic oxidation sites excluding steroid dienone is 1. The van der Waals surface area contributed by atoms with E-state index >= 15 is 4.79 Å². The summed E-state index contributed by atoms with van der Waals surface area (Å²) in [5, 5.41) is 71.9. The van der Waals surface area contributed by atoms with Gasteiger partial charge in [0.15, 0.2) is 5.79 Å². The molecule has 22 atom stereocenters. The molecule has 8 aliphatic carbocycles. The lowest BCUT2D eigenvalue weighted by atomic mass is 9.42. The van der Waals surface area contributed by atoms with Crippen LogP contribution in [0.3, 0.4) is 0 Å². The number of Topliss-reactive ketones (excluding diaryl/α,β-unsaturated/α-hetero) is 1. The Labute approximate surface area is 400 Å². The van der Waals surface area contributed by atoms with Crippen molar-refractivity contribution in [1.82, 2.24) is 9.97 Å². The van der Waals surface area contributed by atoms with E-state index < -0.39 is 80.6 Å². The molecule has 5 heterocycles. The number of carbonyl (C=O) groups is 1. The Kier molecular flexibility index (Phi) is 9.07. The molecule has 1 aromatic heterocycles. The van der Waals surface area contributed by atoms with Gasteiger partial charge in [-0.15, -0.1) is 0 Å². The summed E-state index contributed by atoms with van der Waals surface area (Å²) < 4.78 is 26.4. The summed E-state index contributed by atoms with van der Waals surface area (Å²) in [5.41, 5.74) is -0.724. The summed E-state index contributed by atoms with van der Waals surface area (Å²) >= 11 is 0. The van der Waals surface area contributed by atoms with E-state index in [9.17, 15) is 30.6 Å². The topological polar surface area (TPSA) is 201 Å². The number of aromatic nitrogens is 2. The van der Waals surface area contributed by atoms with Crippen molar-refractivity contribution in [1.29, 1.82) is 0 Å². The zero-order valence-electron chi connectivity index (χ0n) is 41.7. The number of rotatable bonds is 1. The highest BCUT2D eigenvalue weighted by molar-refractivity contribution is 5.92. The standard InChI is InChI=1S/C55H76N2O11/c1-26-32-14-15-33-34-13-11-30-17-38-40(21-49(30,8)52(34,63)23-42(60)51(32,33)25-65-54(26)45(62)27(2)46(4,5)67-54)57-37-16-29-10-12-31-35(48(29,7)20-39(37)56-38)18-41(59)50(9)36(31)19-44-53(50,64)28(3)55(66-44)43(61)22-47(6,24-58)68-55/h15,19,26-32,34-35,41,43-45,58-59,61-64H,10-14,16-18,20-25H2,1-9H3/t26-,27-,28-,29-,30-,31+,32+,34-,35-,41+,43+,44-,45+,47-,48-,49-,50+,51+,52+,53+,54+,55-/m0/s1. The van der Waals surface area contributed by atoms with E-state index in [1.807, 2.05) is 34.6 Å². The summed E-state index contributed by atoms with van der Waals surface area (Å²) in [6.07, 6.45) is 8.77. The minimum absolute atomic E-state index is 0.0580. The molecule has 4 saturated heterocycles. The average Bonchev–Trinajstić information content (AvgIpc) is 3.98. The van der Waals surface area contributed by atoms with Gasteiger partial charge in [-0.2, -0.15) is 0 Å². The van der Waals surface area contributed by atoms with Gasteiger partial charge in [0, 0.05) is 47.3 Å². The molecule has 372 valence electrons. The highest BCUT2D eigenvalue weighted by Gasteiger charge is 2.80. The molecule has 8 fully saturated rings. The lowest BCUT2D eigenvalue weighted by Gasteiger charge is -2.64. The van der Waals surface area contributed by atoms with Crippen molar-refractivity contribution in [2.24, 2.45) is 74.9 Å². The van der Waals surface area contributed by atoms with Crippen LogP contribution in [0.5, 0.6) is 0 Å². The van der Waals surface area contributed by atoms with Crippen molar-refractivity contribution in [3.05, 3.63) is 46.1 Å². The van der Waals surface area contributed by atoms with Crippen molar-refractivity contribution in [3.63, 3.8) is 0 Å². The molecule has 4 aliphatic heterocycles. The zero-order valence-corrected chi connectivity index (χ0v) is 41.7. The normalized spacial score (nSPS) is 57.7. The minimum Gasteiger partial charge on any atom is -0.393 e. The van der Waals surface area contributed by atoms with Gasteiger partial charge in [0.05, 0.1) is 64.3 Å². The first kappa shape index (κ1) is 45.7. The number of aliphatic hydroxyl groups excluding tert-OH is 4. The fourth-order valence-electron chi connectivity index (χ4n) is 19.4. The number of nitrogens with zero attached hydrogens (tertiary/aromatic N) is 2. The van der Waals surface area contributed by atoms with E-state index in [0.29, 0.717) is 31.6 Å². The molecule has 13 rings (SSSR count). The molecule has 0 radical (unpaired) electrons. The molecule has 13 heteroatoms. The largest absolute Gasteiger partial charge is 0.393 e. The Balaban J connectivity index is 0.771. The van der Waals surface area contributed by atoms with Gasteiger partial charge in [-0.05, 0) is 120 Å². The first-order valence-corrected chi connectivity index (χ1v) is 26.5. The maximum Gasteiger partial charge on any atom is 0.201 e. The van der Waals surface area contributed by atoms with Crippen LogP contribution in [0.4, 0.5) is 0 Å². The van der Waals surface area contributed by atoms with Crippen LogP contribution in [0.25, 0.3) is 0 Å². The van der Waals surface area contributed by atoms with Gasteiger partial charge in [0.1, 0.15) is 29.7 Å². The molecule has 0 bridgehead atoms. The fourth-order valence-corrected chi connectivity index (χ4v) is 19.4. The molecule has 12 aliphatic rings. The summed E-state index contributed by atoms with van der Waals surface area (Å²) in [7, 11) is 0. The number of fused-ring (bicyclic) bond motifs is 13. The summed E-state index contributed by atoms with van der Waals surface area (Å²) in [6, 6.07) is 0. The molecule has 6 N–H and O–H groups in total. The lowest BCUT2D eigenvalue weighted by molar-refractivity contribution is -0.337. The summed E-state index contributed by atoms with van der Waals surface area (Å²) in [4.78, 5) is 26.1. The number of ether oxygens (including phenoxy) is 4. The van der Waals surface area contributed by atoms with Gasteiger partial charge in [0.2, 0.25) is 5.79 Å².